The number of thiophene rings is 1. The molecule has 1 fully saturated rings. The van der Waals surface area contributed by atoms with Crippen LogP contribution < -0.4 is 4.90 Å². The lowest BCUT2D eigenvalue weighted by Crippen LogP contribution is -2.48. The molecule has 25 heavy (non-hydrogen) atoms. The van der Waals surface area contributed by atoms with E-state index in [9.17, 15) is 4.79 Å². The summed E-state index contributed by atoms with van der Waals surface area (Å²) in [6, 6.07) is 15.7. The Morgan fingerprint density at radius 2 is 1.60 bits per heavy atom. The molecule has 1 aliphatic rings. The van der Waals surface area contributed by atoms with Crippen molar-refractivity contribution >= 4 is 56.2 Å². The van der Waals surface area contributed by atoms with Gasteiger partial charge in [0.2, 0.25) is 0 Å². The second-order valence-corrected chi connectivity index (χ2v) is 7.81. The van der Waals surface area contributed by atoms with Crippen molar-refractivity contribution in [2.75, 3.05) is 31.1 Å². The first-order valence-corrected chi connectivity index (χ1v) is 9.68. The molecule has 128 valence electrons. The Morgan fingerprint density at radius 1 is 0.920 bits per heavy atom. The van der Waals surface area contributed by atoms with Crippen molar-refractivity contribution < 1.29 is 4.79 Å². The Labute approximate surface area is 160 Å². The van der Waals surface area contributed by atoms with Crippen LogP contribution in [0.25, 0.3) is 10.1 Å². The number of anilines is 1. The van der Waals surface area contributed by atoms with Gasteiger partial charge in [0.15, 0.2) is 0 Å². The topological polar surface area (TPSA) is 23.6 Å². The third kappa shape index (κ3) is 3.10. The SMILES string of the molecule is O=C(c1sc2ccccc2c1Cl)N1CCN(c2ccccc2Cl)CC1. The normalized spacial score (nSPS) is 15.0. The van der Waals surface area contributed by atoms with Gasteiger partial charge in [0.25, 0.3) is 5.91 Å². The van der Waals surface area contributed by atoms with Crippen molar-refractivity contribution in [2.24, 2.45) is 0 Å². The van der Waals surface area contributed by atoms with Gasteiger partial charge in [0, 0.05) is 36.3 Å². The fourth-order valence-electron chi connectivity index (χ4n) is 3.15. The summed E-state index contributed by atoms with van der Waals surface area (Å²) in [6.45, 7) is 2.85. The van der Waals surface area contributed by atoms with Gasteiger partial charge in [-0.05, 0) is 18.2 Å². The molecule has 1 saturated heterocycles. The quantitative estimate of drug-likeness (QED) is 0.602. The highest BCUT2D eigenvalue weighted by Gasteiger charge is 2.26. The summed E-state index contributed by atoms with van der Waals surface area (Å²) in [5.74, 6) is 0.0185. The highest BCUT2D eigenvalue weighted by Crippen LogP contribution is 2.36. The predicted molar refractivity (Wildman–Crippen MR) is 106 cm³/mol. The molecule has 2 aromatic carbocycles. The first kappa shape index (κ1) is 16.7. The molecule has 0 N–H and O–H groups in total. The van der Waals surface area contributed by atoms with E-state index in [0.29, 0.717) is 23.0 Å². The lowest BCUT2D eigenvalue weighted by Gasteiger charge is -2.36. The molecule has 3 nitrogen and oxygen atoms in total. The zero-order valence-corrected chi connectivity index (χ0v) is 15.7. The van der Waals surface area contributed by atoms with Crippen molar-refractivity contribution in [3.63, 3.8) is 0 Å². The Bertz CT molecular complexity index is 932. The zero-order chi connectivity index (χ0) is 17.4. The van der Waals surface area contributed by atoms with E-state index in [2.05, 4.69) is 4.90 Å². The monoisotopic (exact) mass is 390 g/mol. The number of rotatable bonds is 2. The molecule has 0 atom stereocenters. The van der Waals surface area contributed by atoms with Gasteiger partial charge in [-0.25, -0.2) is 0 Å². The Hall–Kier alpha value is -1.75. The average molecular weight is 391 g/mol. The largest absolute Gasteiger partial charge is 0.367 e. The fraction of sp³-hybridized carbons (Fsp3) is 0.211. The maximum absolute atomic E-state index is 12.9. The van der Waals surface area contributed by atoms with E-state index in [1.807, 2.05) is 53.4 Å². The average Bonchev–Trinajstić information content (AvgIpc) is 2.99. The molecule has 1 aromatic heterocycles. The number of benzene rings is 2. The van der Waals surface area contributed by atoms with Gasteiger partial charge in [-0.2, -0.15) is 0 Å². The summed E-state index contributed by atoms with van der Waals surface area (Å²) in [5, 5.41) is 2.26. The Kier molecular flexibility index (Phi) is 4.59. The first-order valence-electron chi connectivity index (χ1n) is 8.11. The molecule has 4 rings (SSSR count). The van der Waals surface area contributed by atoms with E-state index in [1.54, 1.807) is 0 Å². The van der Waals surface area contributed by atoms with E-state index in [1.165, 1.54) is 11.3 Å². The summed E-state index contributed by atoms with van der Waals surface area (Å²) in [5.41, 5.74) is 1.02. The molecular weight excluding hydrogens is 375 g/mol. The minimum atomic E-state index is 0.0185. The van der Waals surface area contributed by atoms with Gasteiger partial charge in [-0.15, -0.1) is 11.3 Å². The van der Waals surface area contributed by atoms with E-state index >= 15 is 0 Å². The first-order chi connectivity index (χ1) is 12.1. The molecule has 2 heterocycles. The minimum absolute atomic E-state index is 0.0185. The summed E-state index contributed by atoms with van der Waals surface area (Å²) >= 11 is 14.2. The lowest BCUT2D eigenvalue weighted by molar-refractivity contribution is 0.0752. The van der Waals surface area contributed by atoms with Gasteiger partial charge in [-0.1, -0.05) is 53.5 Å². The fourth-order valence-corrected chi connectivity index (χ4v) is 4.89. The van der Waals surface area contributed by atoms with Gasteiger partial charge in [0.05, 0.1) is 15.7 Å². The molecule has 1 amide bonds. The number of nitrogens with zero attached hydrogens (tertiary/aromatic N) is 2. The number of fused-ring (bicyclic) bond motifs is 1. The van der Waals surface area contributed by atoms with E-state index < -0.39 is 0 Å². The third-order valence-corrected chi connectivity index (χ3v) is 6.47. The van der Waals surface area contributed by atoms with Crippen LogP contribution >= 0.6 is 34.5 Å². The van der Waals surface area contributed by atoms with Gasteiger partial charge < -0.3 is 9.80 Å². The molecule has 0 bridgehead atoms. The summed E-state index contributed by atoms with van der Waals surface area (Å²) in [4.78, 5) is 17.6. The number of amides is 1. The van der Waals surface area contributed by atoms with Crippen molar-refractivity contribution in [3.05, 3.63) is 63.5 Å². The number of carbonyl (C=O) groups is 1. The van der Waals surface area contributed by atoms with Crippen LogP contribution in [-0.2, 0) is 0 Å². The van der Waals surface area contributed by atoms with Crippen LogP contribution in [0.3, 0.4) is 0 Å². The maximum atomic E-state index is 12.9. The molecule has 0 unspecified atom stereocenters. The molecule has 0 aliphatic carbocycles. The number of carbonyl (C=O) groups excluding carboxylic acids is 1. The third-order valence-electron chi connectivity index (χ3n) is 4.49. The van der Waals surface area contributed by atoms with Gasteiger partial charge >= 0.3 is 0 Å². The number of piperazine rings is 1. The summed E-state index contributed by atoms with van der Waals surface area (Å²) in [6.07, 6.45) is 0. The molecule has 0 radical (unpaired) electrons. The van der Waals surface area contributed by atoms with E-state index in [4.69, 9.17) is 23.2 Å². The molecule has 3 aromatic rings. The number of halogens is 2. The van der Waals surface area contributed by atoms with Gasteiger partial charge in [-0.3, -0.25) is 4.79 Å². The van der Waals surface area contributed by atoms with Crippen molar-refractivity contribution in [1.29, 1.82) is 0 Å². The van der Waals surface area contributed by atoms with Crippen LogP contribution in [0.5, 0.6) is 0 Å². The van der Waals surface area contributed by atoms with Crippen LogP contribution in [-0.4, -0.2) is 37.0 Å². The summed E-state index contributed by atoms with van der Waals surface area (Å²) in [7, 11) is 0. The smallest absolute Gasteiger partial charge is 0.265 e. The Balaban J connectivity index is 1.51. The number of para-hydroxylation sites is 1. The van der Waals surface area contributed by atoms with E-state index in [-0.39, 0.29) is 5.91 Å². The number of hydrogen-bond acceptors (Lipinski definition) is 3. The second kappa shape index (κ2) is 6.87. The molecule has 6 heteroatoms. The second-order valence-electron chi connectivity index (χ2n) is 5.97. The van der Waals surface area contributed by atoms with Crippen LogP contribution in [0.15, 0.2) is 48.5 Å². The standard InChI is InChI=1S/C19H16Cl2N2OS/c20-14-6-2-3-7-15(14)22-9-11-23(12-10-22)19(24)18-17(21)13-5-1-4-8-16(13)25-18/h1-8H,9-12H2. The number of hydrogen-bond donors (Lipinski definition) is 0. The van der Waals surface area contributed by atoms with E-state index in [0.717, 1.165) is 33.9 Å². The lowest BCUT2D eigenvalue weighted by atomic mass is 10.2. The predicted octanol–water partition coefficient (Wildman–Crippen LogP) is 5.17. The zero-order valence-electron chi connectivity index (χ0n) is 13.4. The van der Waals surface area contributed by atoms with Crippen LogP contribution in [0, 0.1) is 0 Å². The van der Waals surface area contributed by atoms with Crippen LogP contribution in [0.4, 0.5) is 5.69 Å². The van der Waals surface area contributed by atoms with Crippen LogP contribution in [0.1, 0.15) is 9.67 Å². The molecule has 0 spiro atoms. The van der Waals surface area contributed by atoms with Crippen molar-refractivity contribution in [2.45, 2.75) is 0 Å². The van der Waals surface area contributed by atoms with Gasteiger partial charge in [0.1, 0.15) is 4.88 Å². The molecule has 1 aliphatic heterocycles. The molecule has 0 saturated carbocycles. The summed E-state index contributed by atoms with van der Waals surface area (Å²) < 4.78 is 1.05. The molecular formula is C19H16Cl2N2OS. The van der Waals surface area contributed by atoms with Crippen LogP contribution in [0.2, 0.25) is 10.0 Å². The highest BCUT2D eigenvalue weighted by atomic mass is 35.5. The minimum Gasteiger partial charge on any atom is -0.367 e. The maximum Gasteiger partial charge on any atom is 0.265 e. The Morgan fingerprint density at radius 3 is 2.32 bits per heavy atom. The van der Waals surface area contributed by atoms with Crippen molar-refractivity contribution in [1.82, 2.24) is 4.90 Å². The van der Waals surface area contributed by atoms with Crippen molar-refractivity contribution in [3.8, 4) is 0 Å². The highest BCUT2D eigenvalue weighted by molar-refractivity contribution is 7.21.